The third kappa shape index (κ3) is 3.85. The van der Waals surface area contributed by atoms with Crippen molar-refractivity contribution in [1.29, 1.82) is 0 Å². The Morgan fingerprint density at radius 3 is 2.93 bits per heavy atom. The number of nitrogens with two attached hydrogens (primary N) is 1. The highest BCUT2D eigenvalue weighted by molar-refractivity contribution is 5.41. The van der Waals surface area contributed by atoms with E-state index in [1.165, 1.54) is 0 Å². The maximum Gasteiger partial charge on any atom is 0.0772 e. The van der Waals surface area contributed by atoms with Gasteiger partial charge in [0, 0.05) is 26.4 Å². The van der Waals surface area contributed by atoms with Gasteiger partial charge in [0.2, 0.25) is 0 Å². The van der Waals surface area contributed by atoms with Crippen LogP contribution in [0.2, 0.25) is 0 Å². The van der Waals surface area contributed by atoms with E-state index in [1.54, 1.807) is 13.3 Å². The third-order valence-electron chi connectivity index (χ3n) is 2.36. The summed E-state index contributed by atoms with van der Waals surface area (Å²) in [6.45, 7) is 5.52. The smallest absolute Gasteiger partial charge is 0.0772 e. The van der Waals surface area contributed by atoms with Gasteiger partial charge in [0.15, 0.2) is 0 Å². The lowest BCUT2D eigenvalue weighted by Crippen LogP contribution is -2.27. The summed E-state index contributed by atoms with van der Waals surface area (Å²) in [6.07, 6.45) is 1.77. The molecule has 1 heterocycles. The van der Waals surface area contributed by atoms with Crippen LogP contribution in [0.5, 0.6) is 0 Å². The van der Waals surface area contributed by atoms with Gasteiger partial charge in [-0.05, 0) is 18.7 Å². The Bertz CT molecular complexity index is 291. The molecule has 0 amide bonds. The molecule has 1 aromatic heterocycles. The number of ether oxygens (including phenoxy) is 1. The summed E-state index contributed by atoms with van der Waals surface area (Å²) in [7, 11) is 1.71. The lowest BCUT2D eigenvalue weighted by atomic mass is 10.3. The van der Waals surface area contributed by atoms with Crippen LogP contribution in [-0.4, -0.2) is 36.7 Å². The molecule has 0 atom stereocenters. The van der Waals surface area contributed by atoms with Crippen molar-refractivity contribution in [3.63, 3.8) is 0 Å². The van der Waals surface area contributed by atoms with Crippen molar-refractivity contribution in [1.82, 2.24) is 9.88 Å². The summed E-state index contributed by atoms with van der Waals surface area (Å²) in [5.41, 5.74) is 7.53. The Morgan fingerprint density at radius 1 is 1.53 bits per heavy atom. The van der Waals surface area contributed by atoms with E-state index in [0.29, 0.717) is 0 Å². The number of likely N-dealkylation sites (N-methyl/N-ethyl adjacent to an activating group) is 1. The Balaban J connectivity index is 2.54. The molecule has 1 rings (SSSR count). The van der Waals surface area contributed by atoms with Crippen molar-refractivity contribution < 1.29 is 4.74 Å². The van der Waals surface area contributed by atoms with Crippen LogP contribution in [0.25, 0.3) is 0 Å². The fourth-order valence-electron chi connectivity index (χ4n) is 1.36. The standard InChI is InChI=1S/C11H19N3O/c1-3-14(7-8-15-2)9-11-10(12)5-4-6-13-11/h4-6H,3,7-9,12H2,1-2H3. The monoisotopic (exact) mass is 209 g/mol. The van der Waals surface area contributed by atoms with Gasteiger partial charge in [-0.3, -0.25) is 9.88 Å². The first kappa shape index (κ1) is 11.9. The molecule has 0 fully saturated rings. The van der Waals surface area contributed by atoms with Crippen LogP contribution < -0.4 is 5.73 Å². The van der Waals surface area contributed by atoms with Gasteiger partial charge < -0.3 is 10.5 Å². The molecule has 1 aromatic rings. The van der Waals surface area contributed by atoms with Crippen molar-refractivity contribution in [2.75, 3.05) is 32.5 Å². The summed E-state index contributed by atoms with van der Waals surface area (Å²) < 4.78 is 5.05. The van der Waals surface area contributed by atoms with Crippen molar-refractivity contribution in [2.24, 2.45) is 0 Å². The summed E-state index contributed by atoms with van der Waals surface area (Å²) in [5, 5.41) is 0. The van der Waals surface area contributed by atoms with Crippen molar-refractivity contribution >= 4 is 5.69 Å². The number of anilines is 1. The summed E-state index contributed by atoms with van der Waals surface area (Å²) in [5.74, 6) is 0. The molecule has 0 aliphatic heterocycles. The lowest BCUT2D eigenvalue weighted by molar-refractivity contribution is 0.147. The zero-order valence-corrected chi connectivity index (χ0v) is 9.44. The normalized spacial score (nSPS) is 10.9. The second-order valence-electron chi connectivity index (χ2n) is 3.40. The highest BCUT2D eigenvalue weighted by Crippen LogP contribution is 2.09. The SMILES string of the molecule is CCN(CCOC)Cc1ncccc1N. The number of hydrogen-bond acceptors (Lipinski definition) is 4. The number of hydrogen-bond donors (Lipinski definition) is 1. The highest BCUT2D eigenvalue weighted by Gasteiger charge is 2.06. The van der Waals surface area contributed by atoms with Gasteiger partial charge in [0.05, 0.1) is 18.0 Å². The van der Waals surface area contributed by atoms with E-state index in [9.17, 15) is 0 Å². The van der Waals surface area contributed by atoms with Gasteiger partial charge in [0.25, 0.3) is 0 Å². The minimum absolute atomic E-state index is 0.737. The van der Waals surface area contributed by atoms with Gasteiger partial charge in [-0.25, -0.2) is 0 Å². The van der Waals surface area contributed by atoms with Crippen LogP contribution in [0.4, 0.5) is 5.69 Å². The summed E-state index contributed by atoms with van der Waals surface area (Å²) in [4.78, 5) is 6.52. The maximum atomic E-state index is 5.83. The average Bonchev–Trinajstić information content (AvgIpc) is 2.26. The molecule has 4 heteroatoms. The first-order chi connectivity index (χ1) is 7.27. The molecule has 84 valence electrons. The maximum absolute atomic E-state index is 5.83. The number of aromatic nitrogens is 1. The first-order valence-corrected chi connectivity index (χ1v) is 5.18. The molecule has 0 aromatic carbocycles. The number of rotatable bonds is 6. The average molecular weight is 209 g/mol. The molecule has 0 bridgehead atoms. The molecule has 0 unspecified atom stereocenters. The molecule has 0 saturated carbocycles. The second kappa shape index (κ2) is 6.37. The van der Waals surface area contributed by atoms with E-state index in [4.69, 9.17) is 10.5 Å². The van der Waals surface area contributed by atoms with E-state index in [-0.39, 0.29) is 0 Å². The fraction of sp³-hybridized carbons (Fsp3) is 0.545. The lowest BCUT2D eigenvalue weighted by Gasteiger charge is -2.19. The Hall–Kier alpha value is -1.13. The van der Waals surface area contributed by atoms with Gasteiger partial charge in [-0.1, -0.05) is 6.92 Å². The first-order valence-electron chi connectivity index (χ1n) is 5.18. The van der Waals surface area contributed by atoms with E-state index in [0.717, 1.165) is 37.6 Å². The van der Waals surface area contributed by atoms with E-state index in [1.807, 2.05) is 12.1 Å². The number of nitrogens with zero attached hydrogens (tertiary/aromatic N) is 2. The van der Waals surface area contributed by atoms with Crippen LogP contribution in [0, 0.1) is 0 Å². The van der Waals surface area contributed by atoms with Gasteiger partial charge in [-0.2, -0.15) is 0 Å². The largest absolute Gasteiger partial charge is 0.397 e. The molecular weight excluding hydrogens is 190 g/mol. The molecule has 0 aliphatic rings. The molecule has 2 N–H and O–H groups in total. The van der Waals surface area contributed by atoms with Crippen LogP contribution in [0.15, 0.2) is 18.3 Å². The zero-order valence-electron chi connectivity index (χ0n) is 9.44. The Morgan fingerprint density at radius 2 is 2.33 bits per heavy atom. The van der Waals surface area contributed by atoms with E-state index in [2.05, 4.69) is 16.8 Å². The Labute approximate surface area is 91.1 Å². The van der Waals surface area contributed by atoms with Crippen molar-refractivity contribution in [3.8, 4) is 0 Å². The van der Waals surface area contributed by atoms with Crippen molar-refractivity contribution in [2.45, 2.75) is 13.5 Å². The summed E-state index contributed by atoms with van der Waals surface area (Å²) in [6, 6.07) is 3.73. The second-order valence-corrected chi connectivity index (χ2v) is 3.40. The fourth-order valence-corrected chi connectivity index (χ4v) is 1.36. The number of nitrogen functional groups attached to an aromatic ring is 1. The molecule has 0 radical (unpaired) electrons. The van der Waals surface area contributed by atoms with Crippen LogP contribution in [-0.2, 0) is 11.3 Å². The van der Waals surface area contributed by atoms with Gasteiger partial charge in [-0.15, -0.1) is 0 Å². The number of pyridine rings is 1. The van der Waals surface area contributed by atoms with Crippen molar-refractivity contribution in [3.05, 3.63) is 24.0 Å². The van der Waals surface area contributed by atoms with Crippen LogP contribution in [0.3, 0.4) is 0 Å². The highest BCUT2D eigenvalue weighted by atomic mass is 16.5. The quantitative estimate of drug-likeness (QED) is 0.763. The van der Waals surface area contributed by atoms with E-state index >= 15 is 0 Å². The van der Waals surface area contributed by atoms with Gasteiger partial charge >= 0.3 is 0 Å². The minimum Gasteiger partial charge on any atom is -0.397 e. The Kier molecular flexibility index (Phi) is 5.07. The molecule has 4 nitrogen and oxygen atoms in total. The summed E-state index contributed by atoms with van der Waals surface area (Å²) >= 11 is 0. The van der Waals surface area contributed by atoms with Crippen LogP contribution >= 0.6 is 0 Å². The minimum atomic E-state index is 0.737. The molecular formula is C11H19N3O. The van der Waals surface area contributed by atoms with E-state index < -0.39 is 0 Å². The molecule has 0 aliphatic carbocycles. The molecule has 0 saturated heterocycles. The molecule has 15 heavy (non-hydrogen) atoms. The number of methoxy groups -OCH3 is 1. The van der Waals surface area contributed by atoms with Crippen LogP contribution in [0.1, 0.15) is 12.6 Å². The predicted molar refractivity (Wildman–Crippen MR) is 61.5 cm³/mol. The zero-order chi connectivity index (χ0) is 11.1. The van der Waals surface area contributed by atoms with Gasteiger partial charge in [0.1, 0.15) is 0 Å². The topological polar surface area (TPSA) is 51.4 Å². The molecule has 0 spiro atoms. The third-order valence-corrected chi connectivity index (χ3v) is 2.36. The predicted octanol–water partition coefficient (Wildman–Crippen LogP) is 1.13.